The minimum Gasteiger partial charge on any atom is -0.369 e. The number of hydrogen-bond donors (Lipinski definition) is 0. The molecule has 0 amide bonds. The van der Waals surface area contributed by atoms with Crippen LogP contribution in [0.4, 0.5) is 27.6 Å². The van der Waals surface area contributed by atoms with Gasteiger partial charge in [0.2, 0.25) is 0 Å². The molecule has 0 atom stereocenters. The molecule has 2 aromatic rings. The molecule has 1 aliphatic rings. The molecule has 1 aliphatic heterocycles. The monoisotopic (exact) mass is 356 g/mol. The molecule has 1 saturated heterocycles. The summed E-state index contributed by atoms with van der Waals surface area (Å²) in [6.07, 6.45) is -4.37. The second-order valence-electron chi connectivity index (χ2n) is 6.01. The third-order valence-corrected chi connectivity index (χ3v) is 4.35. The summed E-state index contributed by atoms with van der Waals surface area (Å²) in [5, 5.41) is 0. The first-order valence-corrected chi connectivity index (χ1v) is 7.92. The van der Waals surface area contributed by atoms with Gasteiger partial charge in [-0.25, -0.2) is 8.78 Å². The number of benzene rings is 2. The van der Waals surface area contributed by atoms with E-state index in [2.05, 4.69) is 0 Å². The van der Waals surface area contributed by atoms with E-state index in [1.165, 1.54) is 24.3 Å². The van der Waals surface area contributed by atoms with Gasteiger partial charge in [-0.3, -0.25) is 4.90 Å². The van der Waals surface area contributed by atoms with E-state index in [9.17, 15) is 22.0 Å². The summed E-state index contributed by atoms with van der Waals surface area (Å²) in [6.45, 7) is 2.18. The van der Waals surface area contributed by atoms with Gasteiger partial charge in [-0.2, -0.15) is 13.2 Å². The zero-order valence-corrected chi connectivity index (χ0v) is 13.4. The predicted octanol–water partition coefficient (Wildman–Crippen LogP) is 4.31. The zero-order chi connectivity index (χ0) is 18.0. The molecular weight excluding hydrogens is 339 g/mol. The van der Waals surface area contributed by atoms with Gasteiger partial charge < -0.3 is 4.90 Å². The SMILES string of the molecule is Fc1cccc(F)c1CN1CCN(c2cccc(C(F)(F)F)c2)CC1. The van der Waals surface area contributed by atoms with E-state index < -0.39 is 23.4 Å². The van der Waals surface area contributed by atoms with Crippen LogP contribution in [-0.2, 0) is 12.7 Å². The molecule has 0 aromatic heterocycles. The molecule has 0 saturated carbocycles. The fourth-order valence-corrected chi connectivity index (χ4v) is 2.95. The smallest absolute Gasteiger partial charge is 0.369 e. The average Bonchev–Trinajstić information content (AvgIpc) is 2.58. The van der Waals surface area contributed by atoms with Gasteiger partial charge in [-0.05, 0) is 30.3 Å². The first-order chi connectivity index (χ1) is 11.8. The maximum absolute atomic E-state index is 13.7. The Bertz CT molecular complexity index is 716. The number of halogens is 5. The van der Waals surface area contributed by atoms with E-state index in [-0.39, 0.29) is 12.1 Å². The van der Waals surface area contributed by atoms with Crippen LogP contribution in [0.2, 0.25) is 0 Å². The van der Waals surface area contributed by atoms with Crippen LogP contribution in [0, 0.1) is 11.6 Å². The molecule has 7 heteroatoms. The maximum atomic E-state index is 13.7. The largest absolute Gasteiger partial charge is 0.416 e. The number of rotatable bonds is 3. The summed E-state index contributed by atoms with van der Waals surface area (Å²) in [7, 11) is 0. The molecule has 0 bridgehead atoms. The molecule has 1 fully saturated rings. The Hall–Kier alpha value is -2.15. The topological polar surface area (TPSA) is 6.48 Å². The van der Waals surface area contributed by atoms with Crippen molar-refractivity contribution in [2.24, 2.45) is 0 Å². The number of nitrogens with zero attached hydrogens (tertiary/aromatic N) is 2. The van der Waals surface area contributed by atoms with Crippen molar-refractivity contribution < 1.29 is 22.0 Å². The van der Waals surface area contributed by atoms with Crippen LogP contribution < -0.4 is 4.90 Å². The van der Waals surface area contributed by atoms with Crippen LogP contribution in [0.5, 0.6) is 0 Å². The van der Waals surface area contributed by atoms with Crippen molar-refractivity contribution in [3.05, 3.63) is 65.2 Å². The number of piperazine rings is 1. The van der Waals surface area contributed by atoms with E-state index in [0.717, 1.165) is 12.1 Å². The molecule has 0 radical (unpaired) electrons. The lowest BCUT2D eigenvalue weighted by Gasteiger charge is -2.36. The standard InChI is InChI=1S/C18H17F5N2/c19-16-5-2-6-17(20)15(16)12-24-7-9-25(10-8-24)14-4-1-3-13(11-14)18(21,22)23/h1-6,11H,7-10,12H2. The van der Waals surface area contributed by atoms with Gasteiger partial charge >= 0.3 is 6.18 Å². The van der Waals surface area contributed by atoms with Crippen molar-refractivity contribution in [3.8, 4) is 0 Å². The molecule has 0 aliphatic carbocycles. The Morgan fingerprint density at radius 1 is 0.840 bits per heavy atom. The van der Waals surface area contributed by atoms with Crippen molar-refractivity contribution in [2.75, 3.05) is 31.1 Å². The van der Waals surface area contributed by atoms with Crippen molar-refractivity contribution in [1.29, 1.82) is 0 Å². The Morgan fingerprint density at radius 3 is 2.04 bits per heavy atom. The summed E-state index contributed by atoms with van der Waals surface area (Å²) < 4.78 is 65.9. The van der Waals surface area contributed by atoms with Crippen LogP contribution in [-0.4, -0.2) is 31.1 Å². The van der Waals surface area contributed by atoms with Gasteiger partial charge in [-0.1, -0.05) is 12.1 Å². The molecule has 1 heterocycles. The van der Waals surface area contributed by atoms with Gasteiger partial charge in [0.25, 0.3) is 0 Å². The van der Waals surface area contributed by atoms with Crippen LogP contribution in [0.1, 0.15) is 11.1 Å². The third kappa shape index (κ3) is 4.10. The second kappa shape index (κ2) is 7.00. The van der Waals surface area contributed by atoms with Crippen molar-refractivity contribution in [2.45, 2.75) is 12.7 Å². The predicted molar refractivity (Wildman–Crippen MR) is 85.3 cm³/mol. The maximum Gasteiger partial charge on any atom is 0.416 e. The molecule has 134 valence electrons. The third-order valence-electron chi connectivity index (χ3n) is 4.35. The molecule has 0 unspecified atom stereocenters. The summed E-state index contributed by atoms with van der Waals surface area (Å²) in [6, 6.07) is 8.96. The molecule has 2 aromatic carbocycles. The van der Waals surface area contributed by atoms with Crippen molar-refractivity contribution in [1.82, 2.24) is 4.90 Å². The number of alkyl halides is 3. The Labute approximate surface area is 142 Å². The van der Waals surface area contributed by atoms with Crippen LogP contribution in [0.15, 0.2) is 42.5 Å². The quantitative estimate of drug-likeness (QED) is 0.757. The highest BCUT2D eigenvalue weighted by Crippen LogP contribution is 2.32. The van der Waals surface area contributed by atoms with Gasteiger partial charge in [0, 0.05) is 44.0 Å². The number of hydrogen-bond acceptors (Lipinski definition) is 2. The lowest BCUT2D eigenvalue weighted by molar-refractivity contribution is -0.137. The molecule has 0 N–H and O–H groups in total. The van der Waals surface area contributed by atoms with E-state index >= 15 is 0 Å². The first-order valence-electron chi connectivity index (χ1n) is 7.92. The Balaban J connectivity index is 1.64. The summed E-state index contributed by atoms with van der Waals surface area (Å²) >= 11 is 0. The fraction of sp³-hybridized carbons (Fsp3) is 0.333. The average molecular weight is 356 g/mol. The summed E-state index contributed by atoms with van der Waals surface area (Å²) in [5.74, 6) is -1.17. The Morgan fingerprint density at radius 2 is 1.44 bits per heavy atom. The molecule has 0 spiro atoms. The van der Waals surface area contributed by atoms with Gasteiger partial charge in [0.05, 0.1) is 5.56 Å². The van der Waals surface area contributed by atoms with Gasteiger partial charge in [0.15, 0.2) is 0 Å². The van der Waals surface area contributed by atoms with E-state index in [4.69, 9.17) is 0 Å². The molecule has 3 rings (SSSR count). The minimum atomic E-state index is -4.37. The molecule has 25 heavy (non-hydrogen) atoms. The van der Waals surface area contributed by atoms with Crippen LogP contribution in [0.25, 0.3) is 0 Å². The van der Waals surface area contributed by atoms with E-state index in [1.807, 2.05) is 9.80 Å². The summed E-state index contributed by atoms with van der Waals surface area (Å²) in [4.78, 5) is 3.75. The highest BCUT2D eigenvalue weighted by Gasteiger charge is 2.31. The fourth-order valence-electron chi connectivity index (χ4n) is 2.95. The summed E-state index contributed by atoms with van der Waals surface area (Å²) in [5.41, 5.74) is -0.151. The lowest BCUT2D eigenvalue weighted by atomic mass is 10.1. The van der Waals surface area contributed by atoms with E-state index in [0.29, 0.717) is 31.9 Å². The zero-order valence-electron chi connectivity index (χ0n) is 13.4. The van der Waals surface area contributed by atoms with E-state index in [1.54, 1.807) is 6.07 Å². The van der Waals surface area contributed by atoms with Crippen LogP contribution >= 0.6 is 0 Å². The van der Waals surface area contributed by atoms with Crippen molar-refractivity contribution in [3.63, 3.8) is 0 Å². The second-order valence-corrected chi connectivity index (χ2v) is 6.01. The van der Waals surface area contributed by atoms with Crippen LogP contribution in [0.3, 0.4) is 0 Å². The minimum absolute atomic E-state index is 0.0232. The van der Waals surface area contributed by atoms with Gasteiger partial charge in [0.1, 0.15) is 11.6 Å². The lowest BCUT2D eigenvalue weighted by Crippen LogP contribution is -2.46. The van der Waals surface area contributed by atoms with Crippen molar-refractivity contribution >= 4 is 5.69 Å². The normalized spacial score (nSPS) is 16.3. The number of anilines is 1. The highest BCUT2D eigenvalue weighted by molar-refractivity contribution is 5.49. The Kier molecular flexibility index (Phi) is 4.94. The molecular formula is C18H17F5N2. The first kappa shape index (κ1) is 17.7. The highest BCUT2D eigenvalue weighted by atomic mass is 19.4. The molecule has 2 nitrogen and oxygen atoms in total. The van der Waals surface area contributed by atoms with Gasteiger partial charge in [-0.15, -0.1) is 0 Å².